The Labute approximate surface area is 163 Å². The third-order valence-electron chi connectivity index (χ3n) is 4.48. The Balaban J connectivity index is 0.00000288. The predicted octanol–water partition coefficient (Wildman–Crippen LogP) is 2.72. The molecular formula is C18H31IN4O. The molecule has 136 valence electrons. The summed E-state index contributed by atoms with van der Waals surface area (Å²) in [4.78, 5) is 8.89. The number of anilines is 1. The van der Waals surface area contributed by atoms with Crippen molar-refractivity contribution in [2.45, 2.75) is 19.9 Å². The van der Waals surface area contributed by atoms with E-state index in [9.17, 15) is 0 Å². The molecule has 2 rings (SSSR count). The third kappa shape index (κ3) is 5.51. The van der Waals surface area contributed by atoms with Crippen molar-refractivity contribution in [2.75, 3.05) is 52.8 Å². The third-order valence-corrected chi connectivity index (χ3v) is 4.48. The van der Waals surface area contributed by atoms with Gasteiger partial charge < -0.3 is 19.9 Å². The molecule has 0 spiro atoms. The predicted molar refractivity (Wildman–Crippen MR) is 113 cm³/mol. The lowest BCUT2D eigenvalue weighted by atomic mass is 10.1. The Morgan fingerprint density at radius 2 is 2.17 bits per heavy atom. The van der Waals surface area contributed by atoms with Gasteiger partial charge in [0, 0.05) is 59.5 Å². The second kappa shape index (κ2) is 10.1. The Bertz CT molecular complexity index is 548. The van der Waals surface area contributed by atoms with Crippen LogP contribution in [0.5, 0.6) is 0 Å². The lowest BCUT2D eigenvalue weighted by Gasteiger charge is -2.22. The van der Waals surface area contributed by atoms with Crippen molar-refractivity contribution >= 4 is 35.6 Å². The molecule has 1 unspecified atom stereocenters. The number of ether oxygens (including phenoxy) is 1. The zero-order valence-electron chi connectivity index (χ0n) is 15.5. The van der Waals surface area contributed by atoms with Crippen molar-refractivity contribution < 1.29 is 4.74 Å². The van der Waals surface area contributed by atoms with Crippen LogP contribution in [0.2, 0.25) is 0 Å². The summed E-state index contributed by atoms with van der Waals surface area (Å²) in [6.45, 7) is 5.87. The van der Waals surface area contributed by atoms with Crippen molar-refractivity contribution in [3.05, 3.63) is 29.3 Å². The molecule has 1 heterocycles. The van der Waals surface area contributed by atoms with Crippen LogP contribution in [0.25, 0.3) is 0 Å². The molecule has 5 nitrogen and oxygen atoms in total. The normalized spacial score (nSPS) is 17.6. The van der Waals surface area contributed by atoms with Gasteiger partial charge in [-0.3, -0.25) is 4.99 Å². The number of methoxy groups -OCH3 is 1. The zero-order valence-corrected chi connectivity index (χ0v) is 17.8. The summed E-state index contributed by atoms with van der Waals surface area (Å²) in [7, 11) is 7.76. The number of guanidine groups is 1. The van der Waals surface area contributed by atoms with Gasteiger partial charge in [-0.25, -0.2) is 0 Å². The monoisotopic (exact) mass is 446 g/mol. The van der Waals surface area contributed by atoms with E-state index in [-0.39, 0.29) is 24.0 Å². The molecule has 1 aliphatic rings. The molecule has 1 aliphatic heterocycles. The van der Waals surface area contributed by atoms with E-state index in [1.165, 1.54) is 23.2 Å². The van der Waals surface area contributed by atoms with Crippen LogP contribution in [0.1, 0.15) is 17.5 Å². The number of benzene rings is 1. The highest BCUT2D eigenvalue weighted by atomic mass is 127. The van der Waals surface area contributed by atoms with Gasteiger partial charge in [0.2, 0.25) is 0 Å². The number of nitrogens with one attached hydrogen (secondary N) is 1. The van der Waals surface area contributed by atoms with Gasteiger partial charge in [0.05, 0.1) is 6.61 Å². The van der Waals surface area contributed by atoms with E-state index >= 15 is 0 Å². The van der Waals surface area contributed by atoms with Crippen LogP contribution in [0.15, 0.2) is 23.2 Å². The number of aliphatic imine (C=N–C) groups is 1. The molecule has 0 radical (unpaired) electrons. The maximum absolute atomic E-state index is 5.27. The summed E-state index contributed by atoms with van der Waals surface area (Å²) in [5.41, 5.74) is 3.85. The standard InChI is InChI=1S/C18H30N4O.HI/c1-14-10-17(21(3)4)7-6-16(14)11-20-18(19-2)22-9-8-15(12-22)13-23-5;/h6-7,10,15H,8-9,11-13H2,1-5H3,(H,19,20);1H. The Kier molecular flexibility index (Phi) is 8.83. The van der Waals surface area contributed by atoms with Crippen LogP contribution in [0, 0.1) is 12.8 Å². The van der Waals surface area contributed by atoms with Crippen molar-refractivity contribution in [1.29, 1.82) is 0 Å². The van der Waals surface area contributed by atoms with E-state index in [1.807, 2.05) is 7.05 Å². The molecule has 1 N–H and O–H groups in total. The first-order valence-electron chi connectivity index (χ1n) is 8.26. The second-order valence-electron chi connectivity index (χ2n) is 6.46. The van der Waals surface area contributed by atoms with Crippen LogP contribution in [0.4, 0.5) is 5.69 Å². The van der Waals surface area contributed by atoms with Gasteiger partial charge in [0.15, 0.2) is 5.96 Å². The van der Waals surface area contributed by atoms with E-state index in [4.69, 9.17) is 4.74 Å². The maximum atomic E-state index is 5.27. The fourth-order valence-electron chi connectivity index (χ4n) is 3.06. The van der Waals surface area contributed by atoms with Gasteiger partial charge in [-0.1, -0.05) is 6.07 Å². The highest BCUT2D eigenvalue weighted by molar-refractivity contribution is 14.0. The molecule has 1 aromatic rings. The Hall–Kier alpha value is -1.02. The molecule has 24 heavy (non-hydrogen) atoms. The van der Waals surface area contributed by atoms with Crippen molar-refractivity contribution in [3.63, 3.8) is 0 Å². The van der Waals surface area contributed by atoms with E-state index in [2.05, 4.69) is 59.3 Å². The fourth-order valence-corrected chi connectivity index (χ4v) is 3.06. The van der Waals surface area contributed by atoms with Gasteiger partial charge in [-0.05, 0) is 36.6 Å². The number of hydrogen-bond acceptors (Lipinski definition) is 3. The molecule has 0 bridgehead atoms. The molecule has 0 amide bonds. The number of likely N-dealkylation sites (tertiary alicyclic amines) is 1. The fraction of sp³-hybridized carbons (Fsp3) is 0.611. The summed E-state index contributed by atoms with van der Waals surface area (Å²) < 4.78 is 5.27. The molecule has 1 saturated heterocycles. The van der Waals surface area contributed by atoms with E-state index in [0.717, 1.165) is 32.2 Å². The number of halogens is 1. The first-order chi connectivity index (χ1) is 11.0. The lowest BCUT2D eigenvalue weighted by molar-refractivity contribution is 0.157. The molecule has 1 atom stereocenters. The molecule has 0 aromatic heterocycles. The van der Waals surface area contributed by atoms with Gasteiger partial charge in [-0.2, -0.15) is 0 Å². The number of hydrogen-bond donors (Lipinski definition) is 1. The number of rotatable bonds is 5. The van der Waals surface area contributed by atoms with Gasteiger partial charge >= 0.3 is 0 Å². The SMILES string of the molecule is CN=C(NCc1ccc(N(C)C)cc1C)N1CCC(COC)C1.I. The first kappa shape index (κ1) is 21.0. The van der Waals surface area contributed by atoms with E-state index in [0.29, 0.717) is 5.92 Å². The molecule has 0 saturated carbocycles. The van der Waals surface area contributed by atoms with Crippen molar-refractivity contribution in [2.24, 2.45) is 10.9 Å². The maximum Gasteiger partial charge on any atom is 0.193 e. The van der Waals surface area contributed by atoms with Crippen LogP contribution < -0.4 is 10.2 Å². The molecule has 1 fully saturated rings. The molecular weight excluding hydrogens is 415 g/mol. The van der Waals surface area contributed by atoms with Crippen molar-refractivity contribution in [1.82, 2.24) is 10.2 Å². The van der Waals surface area contributed by atoms with Crippen LogP contribution in [-0.2, 0) is 11.3 Å². The van der Waals surface area contributed by atoms with Gasteiger partial charge in [0.1, 0.15) is 0 Å². The summed E-state index contributed by atoms with van der Waals surface area (Å²) in [5.74, 6) is 1.60. The zero-order chi connectivity index (χ0) is 16.8. The summed E-state index contributed by atoms with van der Waals surface area (Å²) in [6.07, 6.45) is 1.17. The summed E-state index contributed by atoms with van der Waals surface area (Å²) in [6, 6.07) is 6.59. The minimum atomic E-state index is 0. The van der Waals surface area contributed by atoms with Gasteiger partial charge in [0.25, 0.3) is 0 Å². The van der Waals surface area contributed by atoms with Crippen LogP contribution in [-0.4, -0.2) is 58.8 Å². The molecule has 1 aromatic carbocycles. The topological polar surface area (TPSA) is 40.1 Å². The van der Waals surface area contributed by atoms with E-state index < -0.39 is 0 Å². The van der Waals surface area contributed by atoms with Crippen LogP contribution in [0.3, 0.4) is 0 Å². The smallest absolute Gasteiger partial charge is 0.193 e. The minimum Gasteiger partial charge on any atom is -0.384 e. The number of nitrogens with zero attached hydrogens (tertiary/aromatic N) is 3. The number of aryl methyl sites for hydroxylation is 1. The largest absolute Gasteiger partial charge is 0.384 e. The second-order valence-corrected chi connectivity index (χ2v) is 6.46. The van der Waals surface area contributed by atoms with E-state index in [1.54, 1.807) is 7.11 Å². The highest BCUT2D eigenvalue weighted by Gasteiger charge is 2.24. The lowest BCUT2D eigenvalue weighted by Crippen LogP contribution is -2.40. The summed E-state index contributed by atoms with van der Waals surface area (Å²) in [5, 5.41) is 3.50. The Morgan fingerprint density at radius 1 is 1.42 bits per heavy atom. The Morgan fingerprint density at radius 3 is 2.75 bits per heavy atom. The van der Waals surface area contributed by atoms with Crippen LogP contribution >= 0.6 is 24.0 Å². The first-order valence-corrected chi connectivity index (χ1v) is 8.26. The minimum absolute atomic E-state index is 0. The van der Waals surface area contributed by atoms with Crippen molar-refractivity contribution in [3.8, 4) is 0 Å². The summed E-state index contributed by atoms with van der Waals surface area (Å²) >= 11 is 0. The quantitative estimate of drug-likeness (QED) is 0.429. The average Bonchev–Trinajstić information content (AvgIpc) is 2.98. The molecule has 0 aliphatic carbocycles. The highest BCUT2D eigenvalue weighted by Crippen LogP contribution is 2.18. The van der Waals surface area contributed by atoms with Gasteiger partial charge in [-0.15, -0.1) is 24.0 Å². The average molecular weight is 446 g/mol. The molecule has 6 heteroatoms.